The van der Waals surface area contributed by atoms with Gasteiger partial charge in [0.1, 0.15) is 11.4 Å². The third-order valence-corrected chi connectivity index (χ3v) is 3.07. The van der Waals surface area contributed by atoms with Crippen molar-refractivity contribution >= 4 is 17.6 Å². The van der Waals surface area contributed by atoms with Crippen LogP contribution < -0.4 is 4.74 Å². The fourth-order valence-electron chi connectivity index (χ4n) is 1.38. The number of hydrogen-bond donors (Lipinski definition) is 0. The van der Waals surface area contributed by atoms with Gasteiger partial charge in [-0.15, -0.1) is 11.3 Å². The van der Waals surface area contributed by atoms with Gasteiger partial charge in [0.05, 0.1) is 12.1 Å². The quantitative estimate of drug-likeness (QED) is 0.762. The molecule has 1 aromatic heterocycles. The molecule has 2 rings (SSSR count). The number of ether oxygens (including phenoxy) is 1. The molecule has 0 fully saturated rings. The Kier molecular flexibility index (Phi) is 3.31. The number of methoxy groups -OCH3 is 1. The minimum absolute atomic E-state index is 0.508. The molecular formula is C12H11NO2S. The lowest BCUT2D eigenvalue weighted by Crippen LogP contribution is -1.89. The van der Waals surface area contributed by atoms with Gasteiger partial charge in [-0.3, -0.25) is 4.79 Å². The van der Waals surface area contributed by atoms with Gasteiger partial charge >= 0.3 is 0 Å². The van der Waals surface area contributed by atoms with Gasteiger partial charge < -0.3 is 4.74 Å². The summed E-state index contributed by atoms with van der Waals surface area (Å²) in [5.41, 5.74) is 1.67. The van der Waals surface area contributed by atoms with Crippen LogP contribution in [0.2, 0.25) is 0 Å². The van der Waals surface area contributed by atoms with Crippen LogP contribution in [0.1, 0.15) is 21.1 Å². The first-order valence-electron chi connectivity index (χ1n) is 4.84. The number of carbonyl (C=O) groups is 1. The molecule has 2 aromatic rings. The highest BCUT2D eigenvalue weighted by molar-refractivity contribution is 7.09. The van der Waals surface area contributed by atoms with Crippen LogP contribution in [-0.2, 0) is 6.42 Å². The lowest BCUT2D eigenvalue weighted by molar-refractivity contribution is 0.111. The van der Waals surface area contributed by atoms with Crippen molar-refractivity contribution < 1.29 is 9.53 Å². The molecule has 16 heavy (non-hydrogen) atoms. The average molecular weight is 233 g/mol. The second-order valence-electron chi connectivity index (χ2n) is 3.31. The van der Waals surface area contributed by atoms with Crippen LogP contribution in [-0.4, -0.2) is 18.4 Å². The summed E-state index contributed by atoms with van der Waals surface area (Å²) in [5.74, 6) is 0.844. The summed E-state index contributed by atoms with van der Waals surface area (Å²) in [7, 11) is 1.65. The monoisotopic (exact) mass is 233 g/mol. The summed E-state index contributed by atoms with van der Waals surface area (Å²) >= 11 is 1.51. The van der Waals surface area contributed by atoms with Crippen LogP contribution >= 0.6 is 11.3 Å². The number of thiazole rings is 1. The van der Waals surface area contributed by atoms with Crippen molar-refractivity contribution in [1.29, 1.82) is 0 Å². The lowest BCUT2D eigenvalue weighted by Gasteiger charge is -2.01. The molecule has 3 nitrogen and oxygen atoms in total. The Morgan fingerprint density at radius 3 is 2.69 bits per heavy atom. The molecule has 0 bridgehead atoms. The normalized spacial score (nSPS) is 10.1. The SMILES string of the molecule is COc1ccc(Cc2nc(C=O)cs2)cc1. The minimum Gasteiger partial charge on any atom is -0.497 e. The predicted molar refractivity (Wildman–Crippen MR) is 63.3 cm³/mol. The molecule has 1 heterocycles. The summed E-state index contributed by atoms with van der Waals surface area (Å²) in [6.45, 7) is 0. The number of aldehydes is 1. The molecule has 0 amide bonds. The molecule has 4 heteroatoms. The average Bonchev–Trinajstić information content (AvgIpc) is 2.78. The highest BCUT2D eigenvalue weighted by atomic mass is 32.1. The summed E-state index contributed by atoms with van der Waals surface area (Å²) in [6.07, 6.45) is 1.52. The second-order valence-corrected chi connectivity index (χ2v) is 4.25. The molecule has 0 atom stereocenters. The van der Waals surface area contributed by atoms with Crippen molar-refractivity contribution in [2.24, 2.45) is 0 Å². The molecule has 0 aliphatic heterocycles. The third-order valence-electron chi connectivity index (χ3n) is 2.20. The zero-order valence-corrected chi connectivity index (χ0v) is 9.66. The number of aromatic nitrogens is 1. The van der Waals surface area contributed by atoms with Crippen molar-refractivity contribution in [3.63, 3.8) is 0 Å². The third kappa shape index (κ3) is 2.46. The van der Waals surface area contributed by atoms with Crippen LogP contribution in [0, 0.1) is 0 Å². The molecule has 0 spiro atoms. The van der Waals surface area contributed by atoms with Gasteiger partial charge in [0.25, 0.3) is 0 Å². The number of rotatable bonds is 4. The van der Waals surface area contributed by atoms with E-state index in [1.54, 1.807) is 12.5 Å². The van der Waals surface area contributed by atoms with Gasteiger partial charge in [0.2, 0.25) is 0 Å². The maximum absolute atomic E-state index is 10.5. The Hall–Kier alpha value is -1.68. The fourth-order valence-corrected chi connectivity index (χ4v) is 2.15. The number of hydrogen-bond acceptors (Lipinski definition) is 4. The minimum atomic E-state index is 0.508. The van der Waals surface area contributed by atoms with E-state index in [2.05, 4.69) is 4.98 Å². The lowest BCUT2D eigenvalue weighted by atomic mass is 10.1. The van der Waals surface area contributed by atoms with E-state index in [0.29, 0.717) is 5.69 Å². The van der Waals surface area contributed by atoms with E-state index in [4.69, 9.17) is 4.74 Å². The smallest absolute Gasteiger partial charge is 0.169 e. The Balaban J connectivity index is 2.10. The van der Waals surface area contributed by atoms with E-state index >= 15 is 0 Å². The zero-order valence-electron chi connectivity index (χ0n) is 8.84. The van der Waals surface area contributed by atoms with Gasteiger partial charge in [-0.05, 0) is 17.7 Å². The van der Waals surface area contributed by atoms with E-state index in [1.165, 1.54) is 11.3 Å². The van der Waals surface area contributed by atoms with Gasteiger partial charge in [0.15, 0.2) is 6.29 Å². The zero-order chi connectivity index (χ0) is 11.4. The van der Waals surface area contributed by atoms with Crippen LogP contribution in [0.4, 0.5) is 0 Å². The van der Waals surface area contributed by atoms with Gasteiger partial charge in [-0.2, -0.15) is 0 Å². The van der Waals surface area contributed by atoms with E-state index in [0.717, 1.165) is 29.0 Å². The number of nitrogens with zero attached hydrogens (tertiary/aromatic N) is 1. The molecule has 0 N–H and O–H groups in total. The summed E-state index contributed by atoms with van der Waals surface area (Å²) in [4.78, 5) is 14.7. The highest BCUT2D eigenvalue weighted by Crippen LogP contribution is 2.17. The van der Waals surface area contributed by atoms with Crippen molar-refractivity contribution in [2.75, 3.05) is 7.11 Å². The summed E-state index contributed by atoms with van der Waals surface area (Å²) in [6, 6.07) is 7.84. The highest BCUT2D eigenvalue weighted by Gasteiger charge is 2.02. The van der Waals surface area contributed by atoms with Crippen molar-refractivity contribution in [3.8, 4) is 5.75 Å². The Morgan fingerprint density at radius 2 is 2.12 bits per heavy atom. The van der Waals surface area contributed by atoms with Crippen LogP contribution in [0.5, 0.6) is 5.75 Å². The standard InChI is InChI=1S/C12H11NO2S/c1-15-11-4-2-9(3-5-11)6-12-13-10(7-14)8-16-12/h2-5,7-8H,6H2,1H3. The molecule has 0 aliphatic rings. The summed E-state index contributed by atoms with van der Waals surface area (Å²) < 4.78 is 5.08. The largest absolute Gasteiger partial charge is 0.497 e. The molecule has 0 saturated heterocycles. The van der Waals surface area contributed by atoms with Gasteiger partial charge in [0, 0.05) is 11.8 Å². The molecule has 0 radical (unpaired) electrons. The number of carbonyl (C=O) groups excluding carboxylic acids is 1. The first kappa shape index (κ1) is 10.8. The van der Waals surface area contributed by atoms with E-state index in [-0.39, 0.29) is 0 Å². The Bertz CT molecular complexity index is 476. The molecule has 0 saturated carbocycles. The molecular weight excluding hydrogens is 222 g/mol. The topological polar surface area (TPSA) is 39.2 Å². The number of benzene rings is 1. The van der Waals surface area contributed by atoms with Crippen molar-refractivity contribution in [2.45, 2.75) is 6.42 Å². The van der Waals surface area contributed by atoms with E-state index in [1.807, 2.05) is 24.3 Å². The molecule has 0 unspecified atom stereocenters. The van der Waals surface area contributed by atoms with Gasteiger partial charge in [-0.1, -0.05) is 12.1 Å². The van der Waals surface area contributed by atoms with Gasteiger partial charge in [-0.25, -0.2) is 4.98 Å². The van der Waals surface area contributed by atoms with Crippen molar-refractivity contribution in [3.05, 3.63) is 45.9 Å². The van der Waals surface area contributed by atoms with Crippen molar-refractivity contribution in [1.82, 2.24) is 4.98 Å². The summed E-state index contributed by atoms with van der Waals surface area (Å²) in [5, 5.41) is 2.72. The Morgan fingerprint density at radius 1 is 1.38 bits per heavy atom. The van der Waals surface area contributed by atoms with Crippen LogP contribution in [0.15, 0.2) is 29.6 Å². The van der Waals surface area contributed by atoms with E-state index in [9.17, 15) is 4.79 Å². The first-order chi connectivity index (χ1) is 7.81. The molecule has 82 valence electrons. The van der Waals surface area contributed by atoms with Crippen LogP contribution in [0.3, 0.4) is 0 Å². The predicted octanol–water partition coefficient (Wildman–Crippen LogP) is 2.56. The maximum Gasteiger partial charge on any atom is 0.169 e. The molecule has 1 aromatic carbocycles. The Labute approximate surface area is 97.7 Å². The van der Waals surface area contributed by atoms with Crippen LogP contribution in [0.25, 0.3) is 0 Å². The second kappa shape index (κ2) is 4.90. The van der Waals surface area contributed by atoms with E-state index < -0.39 is 0 Å². The molecule has 0 aliphatic carbocycles. The first-order valence-corrected chi connectivity index (χ1v) is 5.72. The maximum atomic E-state index is 10.5. The fraction of sp³-hybridized carbons (Fsp3) is 0.167.